The number of ether oxygens (including phenoxy) is 1. The topological polar surface area (TPSA) is 36.3 Å². The summed E-state index contributed by atoms with van der Waals surface area (Å²) in [4.78, 5) is 2.25. The maximum Gasteiger partial charge on any atom is 0.101 e. The van der Waals surface area contributed by atoms with Crippen molar-refractivity contribution in [1.29, 1.82) is 5.26 Å². The molecule has 1 unspecified atom stereocenters. The van der Waals surface area contributed by atoms with Crippen molar-refractivity contribution >= 4 is 17.3 Å². The molecule has 2 rings (SSSR count). The van der Waals surface area contributed by atoms with E-state index in [1.54, 1.807) is 6.07 Å². The highest BCUT2D eigenvalue weighted by Crippen LogP contribution is 2.27. The molecule has 1 saturated heterocycles. The van der Waals surface area contributed by atoms with Gasteiger partial charge in [-0.3, -0.25) is 0 Å². The van der Waals surface area contributed by atoms with Gasteiger partial charge in [-0.2, -0.15) is 5.26 Å². The van der Waals surface area contributed by atoms with Crippen LogP contribution in [0.2, 0.25) is 5.02 Å². The van der Waals surface area contributed by atoms with Crippen LogP contribution in [0.5, 0.6) is 0 Å². The maximum atomic E-state index is 9.17. The molecular formula is C13H15ClN2O. The zero-order chi connectivity index (χ0) is 12.3. The Morgan fingerprint density at radius 2 is 2.41 bits per heavy atom. The number of benzene rings is 1. The van der Waals surface area contributed by atoms with Gasteiger partial charge >= 0.3 is 0 Å². The van der Waals surface area contributed by atoms with Crippen LogP contribution in [0.1, 0.15) is 18.9 Å². The van der Waals surface area contributed by atoms with Crippen LogP contribution in [0.25, 0.3) is 0 Å². The summed E-state index contributed by atoms with van der Waals surface area (Å²) in [5.41, 5.74) is 1.60. The molecule has 17 heavy (non-hydrogen) atoms. The van der Waals surface area contributed by atoms with Gasteiger partial charge < -0.3 is 9.64 Å². The molecule has 1 aromatic rings. The molecule has 0 saturated carbocycles. The Labute approximate surface area is 107 Å². The molecular weight excluding hydrogens is 236 g/mol. The van der Waals surface area contributed by atoms with E-state index in [9.17, 15) is 0 Å². The fourth-order valence-electron chi connectivity index (χ4n) is 2.16. The third-order valence-corrected chi connectivity index (χ3v) is 3.32. The van der Waals surface area contributed by atoms with Gasteiger partial charge in [-0.15, -0.1) is 0 Å². The van der Waals surface area contributed by atoms with Gasteiger partial charge in [0, 0.05) is 11.6 Å². The van der Waals surface area contributed by atoms with Crippen molar-refractivity contribution in [2.75, 3.05) is 24.7 Å². The first-order chi connectivity index (χ1) is 8.26. The number of rotatable bonds is 2. The lowest BCUT2D eigenvalue weighted by molar-refractivity contribution is 0.0930. The number of hydrogen-bond donors (Lipinski definition) is 0. The first-order valence-electron chi connectivity index (χ1n) is 5.80. The minimum Gasteiger partial charge on any atom is -0.377 e. The molecule has 0 aromatic heterocycles. The number of morpholine rings is 1. The highest BCUT2D eigenvalue weighted by molar-refractivity contribution is 6.30. The van der Waals surface area contributed by atoms with E-state index in [4.69, 9.17) is 21.6 Å². The van der Waals surface area contributed by atoms with E-state index in [1.807, 2.05) is 12.1 Å². The lowest BCUT2D eigenvalue weighted by atomic mass is 10.1. The Balaban J connectivity index is 2.35. The first kappa shape index (κ1) is 12.2. The van der Waals surface area contributed by atoms with Gasteiger partial charge in [0.05, 0.1) is 30.5 Å². The van der Waals surface area contributed by atoms with Crippen LogP contribution in [0.15, 0.2) is 18.2 Å². The quantitative estimate of drug-likeness (QED) is 0.810. The highest BCUT2D eigenvalue weighted by atomic mass is 35.5. The minimum atomic E-state index is 0.344. The van der Waals surface area contributed by atoms with E-state index in [0.717, 1.165) is 25.3 Å². The average molecular weight is 251 g/mol. The van der Waals surface area contributed by atoms with Crippen LogP contribution in [0.4, 0.5) is 5.69 Å². The maximum absolute atomic E-state index is 9.17. The molecule has 0 bridgehead atoms. The Morgan fingerprint density at radius 3 is 3.12 bits per heavy atom. The standard InChI is InChI=1S/C13H15ClN2O/c1-2-12-9-17-6-5-16(12)13-4-3-11(14)7-10(13)8-15/h3-4,7,12H,2,5-6,9H2,1H3. The number of nitriles is 1. The minimum absolute atomic E-state index is 0.344. The molecule has 1 heterocycles. The van der Waals surface area contributed by atoms with Gasteiger partial charge in [-0.05, 0) is 24.6 Å². The Hall–Kier alpha value is -1.24. The molecule has 1 aliphatic heterocycles. The molecule has 0 radical (unpaired) electrons. The van der Waals surface area contributed by atoms with Crippen LogP contribution in [0, 0.1) is 11.3 Å². The number of nitrogens with zero attached hydrogens (tertiary/aromatic N) is 2. The zero-order valence-electron chi connectivity index (χ0n) is 9.82. The fourth-order valence-corrected chi connectivity index (χ4v) is 2.33. The Bertz CT molecular complexity index is 442. The van der Waals surface area contributed by atoms with Crippen molar-refractivity contribution in [3.8, 4) is 6.07 Å². The summed E-state index contributed by atoms with van der Waals surface area (Å²) >= 11 is 5.91. The van der Waals surface area contributed by atoms with Crippen molar-refractivity contribution in [2.24, 2.45) is 0 Å². The summed E-state index contributed by atoms with van der Waals surface area (Å²) < 4.78 is 5.47. The number of hydrogen-bond acceptors (Lipinski definition) is 3. The van der Waals surface area contributed by atoms with Gasteiger partial charge in [0.1, 0.15) is 6.07 Å². The monoisotopic (exact) mass is 250 g/mol. The van der Waals surface area contributed by atoms with Crippen LogP contribution < -0.4 is 4.90 Å². The van der Waals surface area contributed by atoms with Crippen LogP contribution in [0.3, 0.4) is 0 Å². The van der Waals surface area contributed by atoms with Gasteiger partial charge in [0.2, 0.25) is 0 Å². The van der Waals surface area contributed by atoms with Gasteiger partial charge in [0.15, 0.2) is 0 Å². The van der Waals surface area contributed by atoms with Gasteiger partial charge in [-0.1, -0.05) is 18.5 Å². The van der Waals surface area contributed by atoms with Crippen molar-refractivity contribution in [1.82, 2.24) is 0 Å². The molecule has 90 valence electrons. The largest absolute Gasteiger partial charge is 0.377 e. The van der Waals surface area contributed by atoms with Crippen LogP contribution in [-0.4, -0.2) is 25.8 Å². The van der Waals surface area contributed by atoms with E-state index in [2.05, 4.69) is 17.9 Å². The summed E-state index contributed by atoms with van der Waals surface area (Å²) in [6, 6.07) is 8.04. The molecule has 0 spiro atoms. The molecule has 0 aliphatic carbocycles. The fraction of sp³-hybridized carbons (Fsp3) is 0.462. The SMILES string of the molecule is CCC1COCCN1c1ccc(Cl)cc1C#N. The normalized spacial score (nSPS) is 20.1. The van der Waals surface area contributed by atoms with Crippen molar-refractivity contribution in [3.63, 3.8) is 0 Å². The summed E-state index contributed by atoms with van der Waals surface area (Å²) in [5.74, 6) is 0. The van der Waals surface area contributed by atoms with E-state index >= 15 is 0 Å². The second kappa shape index (κ2) is 5.39. The predicted octanol–water partition coefficient (Wildman–Crippen LogP) is 2.83. The lowest BCUT2D eigenvalue weighted by Gasteiger charge is -2.37. The number of anilines is 1. The first-order valence-corrected chi connectivity index (χ1v) is 6.18. The van der Waals surface area contributed by atoms with Gasteiger partial charge in [0.25, 0.3) is 0 Å². The second-order valence-corrected chi connectivity index (χ2v) is 4.54. The summed E-state index contributed by atoms with van der Waals surface area (Å²) in [5, 5.41) is 9.77. The Morgan fingerprint density at radius 1 is 1.59 bits per heavy atom. The molecule has 1 aliphatic rings. The van der Waals surface area contributed by atoms with Crippen LogP contribution in [-0.2, 0) is 4.74 Å². The predicted molar refractivity (Wildman–Crippen MR) is 68.4 cm³/mol. The van der Waals surface area contributed by atoms with Crippen LogP contribution >= 0.6 is 11.6 Å². The highest BCUT2D eigenvalue weighted by Gasteiger charge is 2.23. The molecule has 0 amide bonds. The van der Waals surface area contributed by atoms with E-state index in [-0.39, 0.29) is 0 Å². The zero-order valence-corrected chi connectivity index (χ0v) is 10.6. The third-order valence-electron chi connectivity index (χ3n) is 3.09. The molecule has 4 heteroatoms. The van der Waals surface area contributed by atoms with Crippen molar-refractivity contribution in [2.45, 2.75) is 19.4 Å². The van der Waals surface area contributed by atoms with Crippen molar-refractivity contribution in [3.05, 3.63) is 28.8 Å². The summed E-state index contributed by atoms with van der Waals surface area (Å²) in [7, 11) is 0. The van der Waals surface area contributed by atoms with E-state index in [0.29, 0.717) is 23.2 Å². The lowest BCUT2D eigenvalue weighted by Crippen LogP contribution is -2.45. The van der Waals surface area contributed by atoms with Crippen molar-refractivity contribution < 1.29 is 4.74 Å². The average Bonchev–Trinajstić information content (AvgIpc) is 2.38. The molecule has 1 fully saturated rings. The van der Waals surface area contributed by atoms with Gasteiger partial charge in [-0.25, -0.2) is 0 Å². The molecule has 0 N–H and O–H groups in total. The summed E-state index contributed by atoms with van der Waals surface area (Å²) in [6.07, 6.45) is 1.01. The second-order valence-electron chi connectivity index (χ2n) is 4.10. The third kappa shape index (κ3) is 2.54. The summed E-state index contributed by atoms with van der Waals surface area (Å²) in [6.45, 7) is 4.40. The molecule has 1 atom stereocenters. The molecule has 3 nitrogen and oxygen atoms in total. The Kier molecular flexibility index (Phi) is 3.88. The smallest absolute Gasteiger partial charge is 0.101 e. The van der Waals surface area contributed by atoms with E-state index in [1.165, 1.54) is 0 Å². The number of halogens is 1. The molecule has 1 aromatic carbocycles. The van der Waals surface area contributed by atoms with E-state index < -0.39 is 0 Å².